The summed E-state index contributed by atoms with van der Waals surface area (Å²) >= 11 is 0. The van der Waals surface area contributed by atoms with E-state index in [2.05, 4.69) is 0 Å². The SMILES string of the molecule is O=c1c(-c2ccc(CO)cc2)coc2cc(CO)ccc12. The highest BCUT2D eigenvalue weighted by Gasteiger charge is 2.09. The van der Waals surface area contributed by atoms with Crippen LogP contribution in [0.4, 0.5) is 0 Å². The van der Waals surface area contributed by atoms with Gasteiger partial charge < -0.3 is 14.6 Å². The molecule has 0 aliphatic heterocycles. The number of aliphatic hydroxyl groups excluding tert-OH is 2. The molecule has 0 aliphatic rings. The van der Waals surface area contributed by atoms with E-state index in [0.717, 1.165) is 11.1 Å². The number of aliphatic hydroxyl groups is 2. The number of hydrogen-bond donors (Lipinski definition) is 2. The smallest absolute Gasteiger partial charge is 0.200 e. The van der Waals surface area contributed by atoms with E-state index >= 15 is 0 Å². The van der Waals surface area contributed by atoms with E-state index in [4.69, 9.17) is 14.6 Å². The average Bonchev–Trinajstić information content (AvgIpc) is 2.55. The van der Waals surface area contributed by atoms with Crippen molar-refractivity contribution in [1.82, 2.24) is 0 Å². The third-order valence-corrected chi connectivity index (χ3v) is 3.47. The first-order valence-electron chi connectivity index (χ1n) is 6.58. The highest BCUT2D eigenvalue weighted by molar-refractivity contribution is 5.82. The third kappa shape index (κ3) is 2.46. The van der Waals surface area contributed by atoms with Gasteiger partial charge >= 0.3 is 0 Å². The van der Waals surface area contributed by atoms with Gasteiger partial charge in [0.1, 0.15) is 11.8 Å². The van der Waals surface area contributed by atoms with Crippen molar-refractivity contribution in [3.8, 4) is 11.1 Å². The summed E-state index contributed by atoms with van der Waals surface area (Å²) in [5.74, 6) is 0. The topological polar surface area (TPSA) is 70.7 Å². The van der Waals surface area contributed by atoms with Gasteiger partial charge in [0.05, 0.1) is 24.2 Å². The van der Waals surface area contributed by atoms with E-state index in [1.165, 1.54) is 6.26 Å². The molecule has 0 aliphatic carbocycles. The minimum Gasteiger partial charge on any atom is -0.463 e. The summed E-state index contributed by atoms with van der Waals surface area (Å²) in [6.45, 7) is -0.124. The molecule has 3 rings (SSSR count). The fourth-order valence-electron chi connectivity index (χ4n) is 2.26. The van der Waals surface area contributed by atoms with Crippen molar-refractivity contribution < 1.29 is 14.6 Å². The molecule has 4 nitrogen and oxygen atoms in total. The second-order valence-corrected chi connectivity index (χ2v) is 4.82. The maximum atomic E-state index is 12.5. The zero-order chi connectivity index (χ0) is 14.8. The summed E-state index contributed by atoms with van der Waals surface area (Å²) in [4.78, 5) is 12.5. The number of fused-ring (bicyclic) bond motifs is 1. The molecule has 0 saturated heterocycles. The summed E-state index contributed by atoms with van der Waals surface area (Å²) in [5.41, 5.74) is 3.06. The van der Waals surface area contributed by atoms with Crippen molar-refractivity contribution in [1.29, 1.82) is 0 Å². The first kappa shape index (κ1) is 13.5. The lowest BCUT2D eigenvalue weighted by atomic mass is 10.0. The highest BCUT2D eigenvalue weighted by Crippen LogP contribution is 2.21. The van der Waals surface area contributed by atoms with Crippen LogP contribution in [0, 0.1) is 0 Å². The predicted octanol–water partition coefficient (Wildman–Crippen LogP) is 2.44. The van der Waals surface area contributed by atoms with Crippen molar-refractivity contribution in [3.05, 3.63) is 70.1 Å². The Morgan fingerprint density at radius 3 is 2.24 bits per heavy atom. The van der Waals surface area contributed by atoms with E-state index in [-0.39, 0.29) is 18.6 Å². The van der Waals surface area contributed by atoms with Gasteiger partial charge in [-0.05, 0) is 28.8 Å². The predicted molar refractivity (Wildman–Crippen MR) is 79.8 cm³/mol. The summed E-state index contributed by atoms with van der Waals surface area (Å²) in [7, 11) is 0. The zero-order valence-corrected chi connectivity index (χ0v) is 11.2. The Labute approximate surface area is 120 Å². The number of benzene rings is 2. The Morgan fingerprint density at radius 1 is 0.905 bits per heavy atom. The Hall–Kier alpha value is -2.43. The maximum absolute atomic E-state index is 12.5. The molecule has 0 spiro atoms. The first-order valence-corrected chi connectivity index (χ1v) is 6.58. The van der Waals surface area contributed by atoms with Crippen LogP contribution < -0.4 is 5.43 Å². The van der Waals surface area contributed by atoms with Gasteiger partial charge in [0.25, 0.3) is 0 Å². The molecule has 0 radical (unpaired) electrons. The molecule has 0 saturated carbocycles. The van der Waals surface area contributed by atoms with E-state index in [1.54, 1.807) is 42.5 Å². The molecule has 0 fully saturated rings. The van der Waals surface area contributed by atoms with Gasteiger partial charge in [0.2, 0.25) is 0 Å². The Balaban J connectivity index is 2.15. The number of rotatable bonds is 3. The molecule has 106 valence electrons. The van der Waals surface area contributed by atoms with Gasteiger partial charge in [0.15, 0.2) is 5.43 Å². The molecule has 0 bridgehead atoms. The Kier molecular flexibility index (Phi) is 3.56. The molecule has 21 heavy (non-hydrogen) atoms. The van der Waals surface area contributed by atoms with E-state index in [9.17, 15) is 4.79 Å². The maximum Gasteiger partial charge on any atom is 0.200 e. The van der Waals surface area contributed by atoms with Crippen molar-refractivity contribution in [2.45, 2.75) is 13.2 Å². The lowest BCUT2D eigenvalue weighted by molar-refractivity contribution is 0.281. The molecule has 0 atom stereocenters. The fourth-order valence-corrected chi connectivity index (χ4v) is 2.26. The van der Waals surface area contributed by atoms with Crippen molar-refractivity contribution in [3.63, 3.8) is 0 Å². The van der Waals surface area contributed by atoms with Crippen LogP contribution in [0.15, 0.2) is 57.9 Å². The van der Waals surface area contributed by atoms with Gasteiger partial charge in [-0.15, -0.1) is 0 Å². The third-order valence-electron chi connectivity index (χ3n) is 3.47. The van der Waals surface area contributed by atoms with Crippen LogP contribution in [0.25, 0.3) is 22.1 Å². The molecule has 2 N–H and O–H groups in total. The standard InChI is InChI=1S/C17H14O4/c18-8-11-1-4-13(5-2-11)15-10-21-16-7-12(9-19)3-6-14(16)17(15)20/h1-7,10,18-19H,8-9H2. The second-order valence-electron chi connectivity index (χ2n) is 4.82. The quantitative estimate of drug-likeness (QED) is 0.774. The molecule has 1 aromatic heterocycles. The number of hydrogen-bond acceptors (Lipinski definition) is 4. The summed E-state index contributed by atoms with van der Waals surface area (Å²) in [6, 6.07) is 12.1. The minimum absolute atomic E-state index is 0.0312. The van der Waals surface area contributed by atoms with Crippen molar-refractivity contribution >= 4 is 11.0 Å². The van der Waals surface area contributed by atoms with E-state index in [0.29, 0.717) is 22.1 Å². The van der Waals surface area contributed by atoms with Crippen LogP contribution in [0.5, 0.6) is 0 Å². The van der Waals surface area contributed by atoms with Gasteiger partial charge in [-0.1, -0.05) is 30.3 Å². The average molecular weight is 282 g/mol. The highest BCUT2D eigenvalue weighted by atomic mass is 16.3. The molecule has 0 unspecified atom stereocenters. The lowest BCUT2D eigenvalue weighted by Crippen LogP contribution is -2.05. The van der Waals surface area contributed by atoms with Crippen molar-refractivity contribution in [2.75, 3.05) is 0 Å². The summed E-state index contributed by atoms with van der Waals surface area (Å²) < 4.78 is 5.52. The van der Waals surface area contributed by atoms with Crippen molar-refractivity contribution in [2.24, 2.45) is 0 Å². The van der Waals surface area contributed by atoms with Gasteiger partial charge in [-0.2, -0.15) is 0 Å². The molecule has 0 amide bonds. The van der Waals surface area contributed by atoms with Crippen LogP contribution in [0.1, 0.15) is 11.1 Å². The molecule has 1 heterocycles. The van der Waals surface area contributed by atoms with E-state index < -0.39 is 0 Å². The Morgan fingerprint density at radius 2 is 1.57 bits per heavy atom. The minimum atomic E-state index is -0.113. The second kappa shape index (κ2) is 5.52. The van der Waals surface area contributed by atoms with Crippen LogP contribution in [-0.2, 0) is 13.2 Å². The summed E-state index contributed by atoms with van der Waals surface area (Å²) in [6.07, 6.45) is 1.43. The molecule has 3 aromatic rings. The Bertz CT molecular complexity index is 832. The molecule has 4 heteroatoms. The van der Waals surface area contributed by atoms with Crippen LogP contribution in [-0.4, -0.2) is 10.2 Å². The fraction of sp³-hybridized carbons (Fsp3) is 0.118. The molecular weight excluding hydrogens is 268 g/mol. The first-order chi connectivity index (χ1) is 10.2. The van der Waals surface area contributed by atoms with Crippen LogP contribution >= 0.6 is 0 Å². The molecule has 2 aromatic carbocycles. The van der Waals surface area contributed by atoms with Gasteiger partial charge in [-0.3, -0.25) is 4.79 Å². The molecular formula is C17H14O4. The summed E-state index contributed by atoms with van der Waals surface area (Å²) in [5, 5.41) is 18.6. The van der Waals surface area contributed by atoms with Gasteiger partial charge in [-0.25, -0.2) is 0 Å². The zero-order valence-electron chi connectivity index (χ0n) is 11.2. The largest absolute Gasteiger partial charge is 0.463 e. The van der Waals surface area contributed by atoms with E-state index in [1.807, 2.05) is 0 Å². The monoisotopic (exact) mass is 282 g/mol. The lowest BCUT2D eigenvalue weighted by Gasteiger charge is -2.05. The normalized spacial score (nSPS) is 11.0. The van der Waals surface area contributed by atoms with Crippen LogP contribution in [0.2, 0.25) is 0 Å². The van der Waals surface area contributed by atoms with Gasteiger partial charge in [0, 0.05) is 0 Å². The van der Waals surface area contributed by atoms with Crippen LogP contribution in [0.3, 0.4) is 0 Å².